The third-order valence-corrected chi connectivity index (χ3v) is 5.17. The third kappa shape index (κ3) is 3.92. The summed E-state index contributed by atoms with van der Waals surface area (Å²) in [6.07, 6.45) is 0. The first kappa shape index (κ1) is 18.1. The number of amides is 1. The average Bonchev–Trinajstić information content (AvgIpc) is 3.14. The van der Waals surface area contributed by atoms with E-state index in [1.54, 1.807) is 11.3 Å². The molecule has 2 aromatic carbocycles. The number of halogens is 1. The molecule has 26 heavy (non-hydrogen) atoms. The number of nitro benzene ring substituents is 1. The van der Waals surface area contributed by atoms with Crippen molar-refractivity contribution in [1.82, 2.24) is 5.32 Å². The van der Waals surface area contributed by atoms with Gasteiger partial charge in [0.1, 0.15) is 0 Å². The summed E-state index contributed by atoms with van der Waals surface area (Å²) in [5.74, 6) is -0.385. The van der Waals surface area contributed by atoms with E-state index >= 15 is 0 Å². The summed E-state index contributed by atoms with van der Waals surface area (Å²) in [4.78, 5) is 24.0. The van der Waals surface area contributed by atoms with Crippen LogP contribution in [0.1, 0.15) is 32.4 Å². The summed E-state index contributed by atoms with van der Waals surface area (Å²) in [5, 5.41) is 15.8. The summed E-state index contributed by atoms with van der Waals surface area (Å²) in [6, 6.07) is 15.3. The first-order valence-electron chi connectivity index (χ1n) is 7.80. The normalized spacial score (nSPS) is 11.8. The summed E-state index contributed by atoms with van der Waals surface area (Å²) in [5.41, 5.74) is 2.12. The molecule has 1 heterocycles. The van der Waals surface area contributed by atoms with E-state index in [1.807, 2.05) is 48.7 Å². The van der Waals surface area contributed by atoms with Crippen LogP contribution in [0.15, 0.2) is 60.0 Å². The van der Waals surface area contributed by atoms with Gasteiger partial charge < -0.3 is 5.32 Å². The quantitative estimate of drug-likeness (QED) is 0.487. The van der Waals surface area contributed by atoms with Crippen LogP contribution in [0.3, 0.4) is 0 Å². The molecule has 0 bridgehead atoms. The van der Waals surface area contributed by atoms with Crippen molar-refractivity contribution in [1.29, 1.82) is 0 Å². The predicted octanol–water partition coefficient (Wildman–Crippen LogP) is 5.14. The first-order chi connectivity index (χ1) is 12.5. The van der Waals surface area contributed by atoms with Crippen LogP contribution in [0.2, 0.25) is 5.02 Å². The summed E-state index contributed by atoms with van der Waals surface area (Å²) in [6.45, 7) is 2.00. The van der Waals surface area contributed by atoms with Crippen molar-refractivity contribution < 1.29 is 9.72 Å². The molecule has 5 nitrogen and oxygen atoms in total. The summed E-state index contributed by atoms with van der Waals surface area (Å²) >= 11 is 7.62. The maximum atomic E-state index is 12.7. The molecule has 0 unspecified atom stereocenters. The van der Waals surface area contributed by atoms with E-state index in [2.05, 4.69) is 5.32 Å². The zero-order valence-corrected chi connectivity index (χ0v) is 15.4. The van der Waals surface area contributed by atoms with Crippen molar-refractivity contribution in [2.24, 2.45) is 0 Å². The van der Waals surface area contributed by atoms with E-state index < -0.39 is 4.92 Å². The maximum absolute atomic E-state index is 12.7. The minimum absolute atomic E-state index is 0.0468. The minimum atomic E-state index is -0.547. The van der Waals surface area contributed by atoms with Gasteiger partial charge in [0.2, 0.25) is 0 Å². The molecule has 1 amide bonds. The van der Waals surface area contributed by atoms with Gasteiger partial charge in [0, 0.05) is 17.0 Å². The van der Waals surface area contributed by atoms with Crippen molar-refractivity contribution in [2.75, 3.05) is 0 Å². The van der Waals surface area contributed by atoms with E-state index in [1.165, 1.54) is 18.2 Å². The molecule has 1 N–H and O–H groups in total. The lowest BCUT2D eigenvalue weighted by molar-refractivity contribution is -0.384. The Hall–Kier alpha value is -2.70. The number of hydrogen-bond acceptors (Lipinski definition) is 4. The van der Waals surface area contributed by atoms with Gasteiger partial charge in [0.25, 0.3) is 11.6 Å². The Morgan fingerprint density at radius 1 is 1.19 bits per heavy atom. The molecule has 0 aliphatic carbocycles. The lowest BCUT2D eigenvalue weighted by Gasteiger charge is -2.19. The van der Waals surface area contributed by atoms with Gasteiger partial charge in [-0.1, -0.05) is 47.5 Å². The van der Waals surface area contributed by atoms with Gasteiger partial charge in [-0.2, -0.15) is 0 Å². The van der Waals surface area contributed by atoms with Crippen LogP contribution in [-0.4, -0.2) is 10.8 Å². The molecule has 1 atom stereocenters. The second-order valence-corrected chi connectivity index (χ2v) is 7.14. The number of hydrogen-bond donors (Lipinski definition) is 1. The lowest BCUT2D eigenvalue weighted by atomic mass is 10.0. The van der Waals surface area contributed by atoms with Crippen LogP contribution < -0.4 is 5.32 Å². The Kier molecular flexibility index (Phi) is 5.35. The van der Waals surface area contributed by atoms with Crippen molar-refractivity contribution in [2.45, 2.75) is 13.0 Å². The van der Waals surface area contributed by atoms with Crippen molar-refractivity contribution in [3.63, 3.8) is 0 Å². The smallest absolute Gasteiger partial charge is 0.270 e. The van der Waals surface area contributed by atoms with Crippen LogP contribution in [0.4, 0.5) is 5.69 Å². The highest BCUT2D eigenvalue weighted by Gasteiger charge is 2.21. The van der Waals surface area contributed by atoms with Gasteiger partial charge in [0.15, 0.2) is 0 Å². The number of non-ortho nitro benzene ring substituents is 1. The number of benzene rings is 2. The Morgan fingerprint density at radius 3 is 2.50 bits per heavy atom. The van der Waals surface area contributed by atoms with E-state index in [0.717, 1.165) is 16.0 Å². The van der Waals surface area contributed by atoms with E-state index in [-0.39, 0.29) is 28.2 Å². The lowest BCUT2D eigenvalue weighted by Crippen LogP contribution is -2.29. The largest absolute Gasteiger partial charge is 0.340 e. The number of rotatable bonds is 5. The number of carbonyl (C=O) groups is 1. The molecular formula is C19H15ClN2O3S. The number of nitrogens with one attached hydrogen (secondary N) is 1. The molecule has 0 spiro atoms. The van der Waals surface area contributed by atoms with Crippen LogP contribution in [-0.2, 0) is 0 Å². The molecule has 3 rings (SSSR count). The number of aryl methyl sites for hydroxylation is 1. The topological polar surface area (TPSA) is 72.2 Å². The molecule has 0 aliphatic rings. The monoisotopic (exact) mass is 386 g/mol. The minimum Gasteiger partial charge on any atom is -0.340 e. The van der Waals surface area contributed by atoms with E-state index in [0.29, 0.717) is 0 Å². The number of nitrogens with zero attached hydrogens (tertiary/aromatic N) is 1. The summed E-state index contributed by atoms with van der Waals surface area (Å²) < 4.78 is 0. The van der Waals surface area contributed by atoms with Gasteiger partial charge in [-0.25, -0.2) is 0 Å². The molecule has 0 fully saturated rings. The number of nitro groups is 1. The average molecular weight is 387 g/mol. The van der Waals surface area contributed by atoms with E-state index in [4.69, 9.17) is 11.6 Å². The SMILES string of the molecule is Cc1ccc([C@@H](NC(=O)c2ccc([N+](=O)[O-])cc2Cl)c2cccs2)cc1. The second kappa shape index (κ2) is 7.68. The van der Waals surface area contributed by atoms with Gasteiger partial charge >= 0.3 is 0 Å². The molecule has 0 aliphatic heterocycles. The molecular weight excluding hydrogens is 372 g/mol. The first-order valence-corrected chi connectivity index (χ1v) is 9.06. The zero-order valence-electron chi connectivity index (χ0n) is 13.8. The zero-order chi connectivity index (χ0) is 18.7. The highest BCUT2D eigenvalue weighted by molar-refractivity contribution is 7.10. The Morgan fingerprint density at radius 2 is 1.92 bits per heavy atom. The highest BCUT2D eigenvalue weighted by atomic mass is 35.5. The standard InChI is InChI=1S/C19H15ClN2O3S/c1-12-4-6-13(7-5-12)18(17-3-2-10-26-17)21-19(23)15-9-8-14(22(24)25)11-16(15)20/h2-11,18H,1H3,(H,21,23)/t18-/m1/s1. The van der Waals surface area contributed by atoms with E-state index in [9.17, 15) is 14.9 Å². The molecule has 132 valence electrons. The van der Waals surface area contributed by atoms with Crippen LogP contribution >= 0.6 is 22.9 Å². The fraction of sp³-hybridized carbons (Fsp3) is 0.105. The molecule has 0 saturated carbocycles. The highest BCUT2D eigenvalue weighted by Crippen LogP contribution is 2.28. The van der Waals surface area contributed by atoms with Gasteiger partial charge in [-0.05, 0) is 30.0 Å². The summed E-state index contributed by atoms with van der Waals surface area (Å²) in [7, 11) is 0. The van der Waals surface area contributed by atoms with Gasteiger partial charge in [0.05, 0.1) is 21.6 Å². The Bertz CT molecular complexity index is 940. The van der Waals surface area contributed by atoms with Crippen molar-refractivity contribution in [3.8, 4) is 0 Å². The molecule has 3 aromatic rings. The third-order valence-electron chi connectivity index (χ3n) is 3.92. The van der Waals surface area contributed by atoms with Crippen molar-refractivity contribution in [3.05, 3.63) is 96.7 Å². The molecule has 1 aromatic heterocycles. The van der Waals surface area contributed by atoms with Crippen molar-refractivity contribution >= 4 is 34.5 Å². The molecule has 0 radical (unpaired) electrons. The maximum Gasteiger partial charge on any atom is 0.270 e. The van der Waals surface area contributed by atoms with Gasteiger partial charge in [-0.15, -0.1) is 11.3 Å². The molecule has 7 heteroatoms. The fourth-order valence-corrected chi connectivity index (χ4v) is 3.61. The van der Waals surface area contributed by atoms with Crippen LogP contribution in [0.25, 0.3) is 0 Å². The number of thiophene rings is 1. The predicted molar refractivity (Wildman–Crippen MR) is 103 cm³/mol. The molecule has 0 saturated heterocycles. The Labute approximate surface area is 159 Å². The second-order valence-electron chi connectivity index (χ2n) is 5.75. The van der Waals surface area contributed by atoms with Gasteiger partial charge in [-0.3, -0.25) is 14.9 Å². The number of carbonyl (C=O) groups excluding carboxylic acids is 1. The fourth-order valence-electron chi connectivity index (χ4n) is 2.54. The Balaban J connectivity index is 1.91. The van der Waals surface area contributed by atoms with Crippen LogP contribution in [0.5, 0.6) is 0 Å². The van der Waals surface area contributed by atoms with Crippen LogP contribution in [0, 0.1) is 17.0 Å².